The summed E-state index contributed by atoms with van der Waals surface area (Å²) >= 11 is 1.83. The van der Waals surface area contributed by atoms with Crippen LogP contribution in [0.2, 0.25) is 0 Å². The number of hydrogen-bond acceptors (Lipinski definition) is 6. The van der Waals surface area contributed by atoms with Gasteiger partial charge in [-0.2, -0.15) is 0 Å². The van der Waals surface area contributed by atoms with Crippen LogP contribution in [0.4, 0.5) is 5.82 Å². The number of carbonyl (C=O) groups excluding carboxylic acids is 1. The molecule has 0 unspecified atom stereocenters. The molecule has 1 aliphatic heterocycles. The lowest BCUT2D eigenvalue weighted by Crippen LogP contribution is -2.44. The van der Waals surface area contributed by atoms with Crippen molar-refractivity contribution in [2.45, 2.75) is 38.1 Å². The number of anilines is 1. The van der Waals surface area contributed by atoms with Crippen LogP contribution in [0.5, 0.6) is 0 Å². The van der Waals surface area contributed by atoms with E-state index in [2.05, 4.69) is 20.2 Å². The SMILES string of the molecule is CN(C)C(=O)CN1CCC(Nc2ncnc3sc4c(c23)CCC4)CC1. The van der Waals surface area contributed by atoms with Crippen LogP contribution in [0.1, 0.15) is 29.7 Å². The number of carbonyl (C=O) groups is 1. The normalized spacial score (nSPS) is 18.5. The number of fused-ring (bicyclic) bond motifs is 3. The highest BCUT2D eigenvalue weighted by molar-refractivity contribution is 7.19. The molecular formula is C18H25N5OS. The maximum Gasteiger partial charge on any atom is 0.236 e. The van der Waals surface area contributed by atoms with Gasteiger partial charge in [0.15, 0.2) is 0 Å². The zero-order chi connectivity index (χ0) is 17.4. The molecule has 0 bridgehead atoms. The van der Waals surface area contributed by atoms with E-state index in [1.165, 1.54) is 28.7 Å². The lowest BCUT2D eigenvalue weighted by atomic mass is 10.0. The Labute approximate surface area is 152 Å². The maximum absolute atomic E-state index is 11.9. The average molecular weight is 359 g/mol. The van der Waals surface area contributed by atoms with Crippen molar-refractivity contribution in [3.8, 4) is 0 Å². The molecule has 7 heteroatoms. The van der Waals surface area contributed by atoms with Gasteiger partial charge in [0.2, 0.25) is 5.91 Å². The van der Waals surface area contributed by atoms with Crippen LogP contribution >= 0.6 is 11.3 Å². The van der Waals surface area contributed by atoms with Gasteiger partial charge in [0, 0.05) is 38.1 Å². The van der Waals surface area contributed by atoms with E-state index in [9.17, 15) is 4.79 Å². The zero-order valence-electron chi connectivity index (χ0n) is 14.9. The van der Waals surface area contributed by atoms with Gasteiger partial charge in [0.05, 0.1) is 11.9 Å². The van der Waals surface area contributed by atoms with Gasteiger partial charge in [0.1, 0.15) is 17.0 Å². The van der Waals surface area contributed by atoms with Crippen molar-refractivity contribution in [2.24, 2.45) is 0 Å². The fraction of sp³-hybridized carbons (Fsp3) is 0.611. The van der Waals surface area contributed by atoms with Crippen LogP contribution in [0, 0.1) is 0 Å². The number of thiophene rings is 1. The number of piperidine rings is 1. The first kappa shape index (κ1) is 16.7. The number of amides is 1. The first-order valence-corrected chi connectivity index (χ1v) is 9.88. The van der Waals surface area contributed by atoms with E-state index in [1.54, 1.807) is 11.2 Å². The Balaban J connectivity index is 1.42. The summed E-state index contributed by atoms with van der Waals surface area (Å²) < 4.78 is 0. The molecule has 0 aromatic carbocycles. The van der Waals surface area contributed by atoms with Gasteiger partial charge < -0.3 is 10.2 Å². The molecule has 0 saturated carbocycles. The molecule has 1 fully saturated rings. The molecule has 2 aliphatic rings. The molecule has 25 heavy (non-hydrogen) atoms. The number of nitrogens with zero attached hydrogens (tertiary/aromatic N) is 4. The third kappa shape index (κ3) is 3.35. The second kappa shape index (κ2) is 6.88. The van der Waals surface area contributed by atoms with Crippen LogP contribution < -0.4 is 5.32 Å². The van der Waals surface area contributed by atoms with E-state index in [4.69, 9.17) is 0 Å². The lowest BCUT2D eigenvalue weighted by molar-refractivity contribution is -0.130. The molecule has 0 atom stereocenters. The minimum absolute atomic E-state index is 0.178. The highest BCUT2D eigenvalue weighted by atomic mass is 32.1. The van der Waals surface area contributed by atoms with Crippen molar-refractivity contribution in [1.82, 2.24) is 19.8 Å². The van der Waals surface area contributed by atoms with E-state index < -0.39 is 0 Å². The topological polar surface area (TPSA) is 61.4 Å². The van der Waals surface area contributed by atoms with E-state index in [0.29, 0.717) is 12.6 Å². The number of aromatic nitrogens is 2. The molecule has 1 amide bonds. The Morgan fingerprint density at radius 2 is 2.12 bits per heavy atom. The molecule has 0 radical (unpaired) electrons. The summed E-state index contributed by atoms with van der Waals surface area (Å²) in [6.07, 6.45) is 7.36. The van der Waals surface area contributed by atoms with Crippen molar-refractivity contribution in [2.75, 3.05) is 39.0 Å². The predicted octanol–water partition coefficient (Wildman–Crippen LogP) is 2.14. The number of rotatable bonds is 4. The van der Waals surface area contributed by atoms with E-state index in [-0.39, 0.29) is 5.91 Å². The Hall–Kier alpha value is -1.73. The molecule has 1 N–H and O–H groups in total. The summed E-state index contributed by atoms with van der Waals surface area (Å²) in [5.41, 5.74) is 1.47. The third-order valence-electron chi connectivity index (χ3n) is 5.29. The fourth-order valence-corrected chi connectivity index (χ4v) is 5.03. The van der Waals surface area contributed by atoms with Gasteiger partial charge in [-0.05, 0) is 37.7 Å². The van der Waals surface area contributed by atoms with E-state index in [1.807, 2.05) is 25.4 Å². The molecule has 1 saturated heterocycles. The molecule has 4 rings (SSSR count). The van der Waals surface area contributed by atoms with Gasteiger partial charge in [-0.3, -0.25) is 9.69 Å². The molecule has 6 nitrogen and oxygen atoms in total. The molecule has 2 aromatic rings. The Kier molecular flexibility index (Phi) is 4.60. The quantitative estimate of drug-likeness (QED) is 0.906. The monoisotopic (exact) mass is 359 g/mol. The van der Waals surface area contributed by atoms with Crippen LogP contribution in [0.15, 0.2) is 6.33 Å². The van der Waals surface area contributed by atoms with E-state index in [0.717, 1.165) is 43.0 Å². The highest BCUT2D eigenvalue weighted by Crippen LogP contribution is 2.39. The first-order chi connectivity index (χ1) is 12.1. The summed E-state index contributed by atoms with van der Waals surface area (Å²) in [7, 11) is 3.63. The maximum atomic E-state index is 11.9. The second-order valence-corrected chi connectivity index (χ2v) is 8.33. The van der Waals surface area contributed by atoms with E-state index >= 15 is 0 Å². The number of hydrogen-bond donors (Lipinski definition) is 1. The molecular weight excluding hydrogens is 334 g/mol. The summed E-state index contributed by atoms with van der Waals surface area (Å²) in [5, 5.41) is 4.92. The highest BCUT2D eigenvalue weighted by Gasteiger charge is 2.25. The van der Waals surface area contributed by atoms with Crippen molar-refractivity contribution < 1.29 is 4.79 Å². The Morgan fingerprint density at radius 1 is 1.32 bits per heavy atom. The molecule has 134 valence electrons. The number of likely N-dealkylation sites (N-methyl/N-ethyl adjacent to an activating group) is 1. The first-order valence-electron chi connectivity index (χ1n) is 9.06. The standard InChI is InChI=1S/C18H25N5OS/c1-22(2)15(24)10-23-8-6-12(7-9-23)21-17-16-13-4-3-5-14(13)25-18(16)20-11-19-17/h11-12H,3-10H2,1-2H3,(H,19,20,21). The minimum atomic E-state index is 0.178. The summed E-state index contributed by atoms with van der Waals surface area (Å²) in [6.45, 7) is 2.43. The number of likely N-dealkylation sites (tertiary alicyclic amines) is 1. The van der Waals surface area contributed by atoms with Crippen LogP contribution in [0.25, 0.3) is 10.2 Å². The minimum Gasteiger partial charge on any atom is -0.367 e. The average Bonchev–Trinajstić information content (AvgIpc) is 3.17. The van der Waals surface area contributed by atoms with Gasteiger partial charge in [-0.15, -0.1) is 11.3 Å². The largest absolute Gasteiger partial charge is 0.367 e. The second-order valence-electron chi connectivity index (χ2n) is 7.24. The summed E-state index contributed by atoms with van der Waals surface area (Å²) in [6, 6.07) is 0.417. The molecule has 3 heterocycles. The molecule has 1 aliphatic carbocycles. The van der Waals surface area contributed by atoms with Gasteiger partial charge in [0.25, 0.3) is 0 Å². The van der Waals surface area contributed by atoms with Gasteiger partial charge in [-0.1, -0.05) is 0 Å². The number of nitrogens with one attached hydrogen (secondary N) is 1. The van der Waals surface area contributed by atoms with Gasteiger partial charge in [-0.25, -0.2) is 9.97 Å². The third-order valence-corrected chi connectivity index (χ3v) is 6.49. The predicted molar refractivity (Wildman–Crippen MR) is 101 cm³/mol. The van der Waals surface area contributed by atoms with Crippen LogP contribution in [0.3, 0.4) is 0 Å². The van der Waals surface area contributed by atoms with Crippen molar-refractivity contribution in [3.05, 3.63) is 16.8 Å². The van der Waals surface area contributed by atoms with Crippen molar-refractivity contribution >= 4 is 33.3 Å². The number of aryl methyl sites for hydroxylation is 2. The zero-order valence-corrected chi connectivity index (χ0v) is 15.7. The van der Waals surface area contributed by atoms with Gasteiger partial charge >= 0.3 is 0 Å². The Morgan fingerprint density at radius 3 is 2.88 bits per heavy atom. The summed E-state index contributed by atoms with van der Waals surface area (Å²) in [4.78, 5) is 27.4. The van der Waals surface area contributed by atoms with Crippen molar-refractivity contribution in [3.63, 3.8) is 0 Å². The lowest BCUT2D eigenvalue weighted by Gasteiger charge is -2.32. The van der Waals surface area contributed by atoms with Crippen LogP contribution in [-0.4, -0.2) is 65.4 Å². The molecule has 2 aromatic heterocycles. The van der Waals surface area contributed by atoms with Crippen LogP contribution in [-0.2, 0) is 17.6 Å². The smallest absolute Gasteiger partial charge is 0.236 e. The fourth-order valence-electron chi connectivity index (χ4n) is 3.80. The van der Waals surface area contributed by atoms with Crippen molar-refractivity contribution in [1.29, 1.82) is 0 Å². The molecule has 0 spiro atoms. The Bertz CT molecular complexity index is 779. The summed E-state index contributed by atoms with van der Waals surface area (Å²) in [5.74, 6) is 1.19.